The molecule has 2 aliphatic heterocycles. The molecule has 0 spiro atoms. The Morgan fingerprint density at radius 1 is 0.946 bits per heavy atom. The van der Waals surface area contributed by atoms with Gasteiger partial charge in [-0.3, -0.25) is 9.69 Å². The first-order chi connectivity index (χ1) is 17.7. The summed E-state index contributed by atoms with van der Waals surface area (Å²) in [6, 6.07) is 11.3. The monoisotopic (exact) mass is 520 g/mol. The van der Waals surface area contributed by atoms with Crippen molar-refractivity contribution in [2.24, 2.45) is 5.73 Å². The van der Waals surface area contributed by atoms with Crippen LogP contribution in [-0.2, 0) is 16.4 Å². The van der Waals surface area contributed by atoms with E-state index in [-0.39, 0.29) is 12.5 Å². The number of piperazine rings is 1. The number of anilines is 1. The lowest BCUT2D eigenvalue weighted by atomic mass is 9.72. The third kappa shape index (κ3) is 5.96. The van der Waals surface area contributed by atoms with Crippen LogP contribution in [0, 0.1) is 0 Å². The van der Waals surface area contributed by atoms with E-state index in [1.54, 1.807) is 20.3 Å². The number of nitrogens with zero attached hydrogens (tertiary/aromatic N) is 3. The van der Waals surface area contributed by atoms with Gasteiger partial charge in [0.25, 0.3) is 0 Å². The van der Waals surface area contributed by atoms with Crippen molar-refractivity contribution in [3.63, 3.8) is 0 Å². The molecule has 0 unspecified atom stereocenters. The summed E-state index contributed by atoms with van der Waals surface area (Å²) >= 11 is 0. The highest BCUT2D eigenvalue weighted by Gasteiger charge is 2.39. The zero-order valence-electron chi connectivity index (χ0n) is 21.4. The minimum absolute atomic E-state index is 0.0502. The molecule has 0 radical (unpaired) electrons. The van der Waals surface area contributed by atoms with Gasteiger partial charge >= 0.3 is 6.18 Å². The van der Waals surface area contributed by atoms with Crippen LogP contribution >= 0.6 is 0 Å². The Kier molecular flexibility index (Phi) is 8.18. The second-order valence-corrected chi connectivity index (χ2v) is 9.75. The lowest BCUT2D eigenvalue weighted by Crippen LogP contribution is -2.53. The maximum Gasteiger partial charge on any atom is 0.416 e. The summed E-state index contributed by atoms with van der Waals surface area (Å²) in [4.78, 5) is 19.3. The first kappa shape index (κ1) is 27.1. The Hall–Kier alpha value is -2.98. The van der Waals surface area contributed by atoms with Crippen LogP contribution in [-0.4, -0.2) is 82.3 Å². The van der Waals surface area contributed by atoms with Gasteiger partial charge in [-0.15, -0.1) is 0 Å². The molecule has 2 aromatic rings. The maximum atomic E-state index is 13.2. The van der Waals surface area contributed by atoms with Crippen LogP contribution in [0.25, 0.3) is 0 Å². The molecule has 7 nitrogen and oxygen atoms in total. The Labute approximate surface area is 215 Å². The van der Waals surface area contributed by atoms with Crippen molar-refractivity contribution in [1.82, 2.24) is 9.80 Å². The van der Waals surface area contributed by atoms with Crippen molar-refractivity contribution in [2.45, 2.75) is 24.4 Å². The quantitative estimate of drug-likeness (QED) is 0.604. The SMILES string of the molecule is COc1ccc(N2CCN(CC(=O)N3CCC(CN)(c4cccc(C(F)(F)F)c4)CC3)CC2)cc1OC. The molecule has 4 rings (SSSR count). The highest BCUT2D eigenvalue weighted by Crippen LogP contribution is 2.38. The van der Waals surface area contributed by atoms with Gasteiger partial charge < -0.3 is 25.0 Å². The van der Waals surface area contributed by atoms with Crippen molar-refractivity contribution in [3.8, 4) is 11.5 Å². The molecule has 10 heteroatoms. The number of nitrogens with two attached hydrogens (primary N) is 1. The van der Waals surface area contributed by atoms with E-state index in [0.29, 0.717) is 49.5 Å². The number of carbonyl (C=O) groups excluding carboxylic acids is 1. The van der Waals surface area contributed by atoms with Crippen LogP contribution in [0.15, 0.2) is 42.5 Å². The highest BCUT2D eigenvalue weighted by molar-refractivity contribution is 5.78. The van der Waals surface area contributed by atoms with Gasteiger partial charge in [-0.25, -0.2) is 0 Å². The number of hydrogen-bond acceptors (Lipinski definition) is 6. The molecular weight excluding hydrogens is 485 g/mol. The summed E-state index contributed by atoms with van der Waals surface area (Å²) < 4.78 is 50.4. The van der Waals surface area contributed by atoms with Crippen LogP contribution in [0.5, 0.6) is 11.5 Å². The number of ether oxygens (including phenoxy) is 2. The molecular formula is C27H35F3N4O3. The predicted molar refractivity (Wildman–Crippen MR) is 136 cm³/mol. The summed E-state index contributed by atoms with van der Waals surface area (Å²) in [5.41, 5.74) is 6.52. The lowest BCUT2D eigenvalue weighted by Gasteiger charge is -2.43. The molecule has 2 heterocycles. The van der Waals surface area contributed by atoms with E-state index in [1.807, 2.05) is 23.1 Å². The normalized spacial score (nSPS) is 18.5. The second kappa shape index (κ2) is 11.2. The zero-order chi connectivity index (χ0) is 26.6. The van der Waals surface area contributed by atoms with Crippen molar-refractivity contribution in [3.05, 3.63) is 53.6 Å². The fourth-order valence-corrected chi connectivity index (χ4v) is 5.30. The maximum absolute atomic E-state index is 13.2. The third-order valence-corrected chi connectivity index (χ3v) is 7.73. The van der Waals surface area contributed by atoms with E-state index in [1.165, 1.54) is 12.1 Å². The zero-order valence-corrected chi connectivity index (χ0v) is 21.4. The van der Waals surface area contributed by atoms with Gasteiger partial charge in [0.1, 0.15) is 0 Å². The lowest BCUT2D eigenvalue weighted by molar-refractivity contribution is -0.137. The summed E-state index contributed by atoms with van der Waals surface area (Å²) in [5, 5.41) is 0. The number of likely N-dealkylation sites (tertiary alicyclic amines) is 1. The van der Waals surface area contributed by atoms with Gasteiger partial charge in [0.15, 0.2) is 11.5 Å². The number of piperidine rings is 1. The Morgan fingerprint density at radius 3 is 2.22 bits per heavy atom. The molecule has 0 aromatic heterocycles. The average molecular weight is 521 g/mol. The van der Waals surface area contributed by atoms with Crippen LogP contribution in [0.4, 0.5) is 18.9 Å². The summed E-state index contributed by atoms with van der Waals surface area (Å²) in [6.07, 6.45) is -3.31. The minimum Gasteiger partial charge on any atom is -0.493 e. The van der Waals surface area contributed by atoms with Crippen LogP contribution in [0.1, 0.15) is 24.0 Å². The van der Waals surface area contributed by atoms with Gasteiger partial charge in [0.05, 0.1) is 26.3 Å². The minimum atomic E-state index is -4.40. The number of benzene rings is 2. The summed E-state index contributed by atoms with van der Waals surface area (Å²) in [7, 11) is 3.22. The molecule has 2 saturated heterocycles. The molecule has 2 aliphatic rings. The van der Waals surface area contributed by atoms with Crippen molar-refractivity contribution in [1.29, 1.82) is 0 Å². The Bertz CT molecular complexity index is 1080. The second-order valence-electron chi connectivity index (χ2n) is 9.75. The largest absolute Gasteiger partial charge is 0.493 e. The van der Waals surface area contributed by atoms with Gasteiger partial charge in [0.2, 0.25) is 5.91 Å². The molecule has 0 bridgehead atoms. The molecule has 0 saturated carbocycles. The number of alkyl halides is 3. The highest BCUT2D eigenvalue weighted by atomic mass is 19.4. The fraction of sp³-hybridized carbons (Fsp3) is 0.519. The van der Waals surface area contributed by atoms with E-state index in [9.17, 15) is 18.0 Å². The van der Waals surface area contributed by atoms with Gasteiger partial charge in [-0.2, -0.15) is 13.2 Å². The number of methoxy groups -OCH3 is 2. The summed E-state index contributed by atoms with van der Waals surface area (Å²) in [5.74, 6) is 1.42. The van der Waals surface area contributed by atoms with Crippen molar-refractivity contribution in [2.75, 3.05) is 71.5 Å². The number of halogens is 3. The van der Waals surface area contributed by atoms with Crippen LogP contribution in [0.3, 0.4) is 0 Å². The molecule has 2 N–H and O–H groups in total. The average Bonchev–Trinajstić information content (AvgIpc) is 2.92. The predicted octanol–water partition coefficient (Wildman–Crippen LogP) is 3.36. The number of hydrogen-bond donors (Lipinski definition) is 1. The van der Waals surface area contributed by atoms with Gasteiger partial charge in [-0.05, 0) is 36.6 Å². The van der Waals surface area contributed by atoms with Crippen molar-refractivity contribution >= 4 is 11.6 Å². The smallest absolute Gasteiger partial charge is 0.416 e. The number of rotatable bonds is 7. The molecule has 2 fully saturated rings. The van der Waals surface area contributed by atoms with Crippen molar-refractivity contribution < 1.29 is 27.4 Å². The van der Waals surface area contributed by atoms with E-state index in [0.717, 1.165) is 37.9 Å². The topological polar surface area (TPSA) is 71.3 Å². The van der Waals surface area contributed by atoms with E-state index < -0.39 is 17.2 Å². The fourth-order valence-electron chi connectivity index (χ4n) is 5.30. The number of carbonyl (C=O) groups is 1. The standard InChI is InChI=1S/C27H35F3N4O3/c1-36-23-7-6-22(17-24(23)37-2)33-14-12-32(13-15-33)18-25(35)34-10-8-26(19-31,9-11-34)20-4-3-5-21(16-20)27(28,29)30/h3-7,16-17H,8-15,18-19,31H2,1-2H3. The Morgan fingerprint density at radius 2 is 1.62 bits per heavy atom. The molecule has 2 aromatic carbocycles. The third-order valence-electron chi connectivity index (χ3n) is 7.73. The molecule has 0 atom stereocenters. The molecule has 37 heavy (non-hydrogen) atoms. The Balaban J connectivity index is 1.31. The number of amides is 1. The van der Waals surface area contributed by atoms with E-state index in [2.05, 4.69) is 9.80 Å². The molecule has 0 aliphatic carbocycles. The molecule has 1 amide bonds. The van der Waals surface area contributed by atoms with Gasteiger partial charge in [0, 0.05) is 63.0 Å². The van der Waals surface area contributed by atoms with Crippen LogP contribution in [0.2, 0.25) is 0 Å². The first-order valence-electron chi connectivity index (χ1n) is 12.5. The van der Waals surface area contributed by atoms with Gasteiger partial charge in [-0.1, -0.05) is 18.2 Å². The van der Waals surface area contributed by atoms with E-state index in [4.69, 9.17) is 15.2 Å². The van der Waals surface area contributed by atoms with Crippen LogP contribution < -0.4 is 20.1 Å². The summed E-state index contributed by atoms with van der Waals surface area (Å²) in [6.45, 7) is 4.63. The first-order valence-corrected chi connectivity index (χ1v) is 12.5. The van der Waals surface area contributed by atoms with E-state index >= 15 is 0 Å². The molecule has 202 valence electrons.